The van der Waals surface area contributed by atoms with Gasteiger partial charge in [0.2, 0.25) is 0 Å². The number of amides is 1. The van der Waals surface area contributed by atoms with Gasteiger partial charge in [0.25, 0.3) is 5.91 Å². The van der Waals surface area contributed by atoms with Gasteiger partial charge in [-0.1, -0.05) is 0 Å². The number of benzene rings is 1. The maximum Gasteiger partial charge on any atom is 0.256 e. The summed E-state index contributed by atoms with van der Waals surface area (Å²) in [6.45, 7) is 4.49. The summed E-state index contributed by atoms with van der Waals surface area (Å²) in [4.78, 5) is 14.1. The zero-order chi connectivity index (χ0) is 16.0. The Hall–Kier alpha value is -2.42. The molecule has 1 aromatic carbocycles. The molecule has 0 aliphatic carbocycles. The molecule has 0 fully saturated rings. The second kappa shape index (κ2) is 7.39. The Bertz CT molecular complexity index is 552. The van der Waals surface area contributed by atoms with Crippen LogP contribution in [0.5, 0.6) is 11.5 Å². The monoisotopic (exact) mass is 291 g/mol. The van der Waals surface area contributed by atoms with E-state index >= 15 is 0 Å². The largest absolute Gasteiger partial charge is 0.493 e. The summed E-state index contributed by atoms with van der Waals surface area (Å²) >= 11 is 0. The molecule has 0 heterocycles. The first-order chi connectivity index (χ1) is 9.98. The van der Waals surface area contributed by atoms with Gasteiger partial charge in [-0.25, -0.2) is 0 Å². The van der Waals surface area contributed by atoms with Crippen LogP contribution in [0.2, 0.25) is 0 Å². The van der Waals surface area contributed by atoms with E-state index in [2.05, 4.69) is 6.07 Å². The third-order valence-electron chi connectivity index (χ3n) is 3.17. The quantitative estimate of drug-likeness (QED) is 0.809. The van der Waals surface area contributed by atoms with Crippen molar-refractivity contribution in [1.29, 1.82) is 5.26 Å². The van der Waals surface area contributed by atoms with E-state index in [-0.39, 0.29) is 11.8 Å². The molecular formula is C15H21N3O3. The fourth-order valence-corrected chi connectivity index (χ4v) is 1.98. The van der Waals surface area contributed by atoms with Crippen molar-refractivity contribution in [2.24, 2.45) is 5.92 Å². The first-order valence-corrected chi connectivity index (χ1v) is 6.68. The van der Waals surface area contributed by atoms with Gasteiger partial charge in [-0.05, 0) is 19.9 Å². The molecule has 0 spiro atoms. The minimum absolute atomic E-state index is 0.224. The zero-order valence-corrected chi connectivity index (χ0v) is 12.8. The first kappa shape index (κ1) is 16.6. The third kappa shape index (κ3) is 3.78. The van der Waals surface area contributed by atoms with Crippen LogP contribution in [-0.4, -0.2) is 38.1 Å². The Morgan fingerprint density at radius 1 is 1.38 bits per heavy atom. The van der Waals surface area contributed by atoms with Crippen molar-refractivity contribution < 1.29 is 14.3 Å². The van der Waals surface area contributed by atoms with Gasteiger partial charge >= 0.3 is 0 Å². The molecule has 6 nitrogen and oxygen atoms in total. The fraction of sp³-hybridized carbons (Fsp3) is 0.467. The van der Waals surface area contributed by atoms with Crippen molar-refractivity contribution in [2.45, 2.75) is 13.8 Å². The maximum absolute atomic E-state index is 12.6. The molecule has 0 saturated heterocycles. The lowest BCUT2D eigenvalue weighted by molar-refractivity contribution is 0.0753. The molecule has 21 heavy (non-hydrogen) atoms. The van der Waals surface area contributed by atoms with E-state index in [9.17, 15) is 4.79 Å². The van der Waals surface area contributed by atoms with Crippen LogP contribution in [0.1, 0.15) is 24.2 Å². The van der Waals surface area contributed by atoms with Gasteiger partial charge in [-0.2, -0.15) is 5.26 Å². The SMILES string of the molecule is CCN(CC(C)C#N)C(=O)c1cc(OC)c(OC)cc1N. The van der Waals surface area contributed by atoms with E-state index in [1.165, 1.54) is 14.2 Å². The topological polar surface area (TPSA) is 88.6 Å². The van der Waals surface area contributed by atoms with Gasteiger partial charge in [-0.3, -0.25) is 4.79 Å². The second-order valence-electron chi connectivity index (χ2n) is 4.67. The minimum atomic E-state index is -0.240. The highest BCUT2D eigenvalue weighted by molar-refractivity contribution is 6.00. The van der Waals surface area contributed by atoms with E-state index in [4.69, 9.17) is 20.5 Å². The molecule has 1 aromatic rings. The number of anilines is 1. The molecule has 2 N–H and O–H groups in total. The molecule has 0 aliphatic heterocycles. The molecule has 1 rings (SSSR count). The lowest BCUT2D eigenvalue weighted by atomic mass is 10.1. The Balaban J connectivity index is 3.14. The van der Waals surface area contributed by atoms with Crippen LogP contribution in [0.4, 0.5) is 5.69 Å². The van der Waals surface area contributed by atoms with Crippen LogP contribution in [0.3, 0.4) is 0 Å². The highest BCUT2D eigenvalue weighted by Gasteiger charge is 2.21. The lowest BCUT2D eigenvalue weighted by Gasteiger charge is -2.23. The number of hydrogen-bond donors (Lipinski definition) is 1. The highest BCUT2D eigenvalue weighted by Crippen LogP contribution is 2.32. The molecule has 0 aromatic heterocycles. The average molecular weight is 291 g/mol. The van der Waals surface area contributed by atoms with Gasteiger partial charge in [0.15, 0.2) is 11.5 Å². The normalized spacial score (nSPS) is 11.4. The van der Waals surface area contributed by atoms with Crippen molar-refractivity contribution in [2.75, 3.05) is 33.0 Å². The number of nitriles is 1. The summed E-state index contributed by atoms with van der Waals surface area (Å²) < 4.78 is 10.3. The van der Waals surface area contributed by atoms with E-state index in [0.29, 0.717) is 35.8 Å². The predicted molar refractivity (Wildman–Crippen MR) is 80.3 cm³/mol. The number of nitrogens with zero attached hydrogens (tertiary/aromatic N) is 2. The minimum Gasteiger partial charge on any atom is -0.493 e. The Morgan fingerprint density at radius 2 is 1.95 bits per heavy atom. The zero-order valence-electron chi connectivity index (χ0n) is 12.8. The molecule has 0 bridgehead atoms. The summed E-state index contributed by atoms with van der Waals surface area (Å²) in [5, 5.41) is 8.89. The smallest absolute Gasteiger partial charge is 0.256 e. The standard InChI is InChI=1S/C15H21N3O3/c1-5-18(9-10(2)8-16)15(19)11-6-13(20-3)14(21-4)7-12(11)17/h6-7,10H,5,9,17H2,1-4H3. The summed E-state index contributed by atoms with van der Waals surface area (Å²) in [6, 6.07) is 5.25. The Labute approximate surface area is 125 Å². The lowest BCUT2D eigenvalue weighted by Crippen LogP contribution is -2.34. The van der Waals surface area contributed by atoms with Crippen LogP contribution in [0.25, 0.3) is 0 Å². The van der Waals surface area contributed by atoms with E-state index in [0.717, 1.165) is 0 Å². The Morgan fingerprint density at radius 3 is 2.43 bits per heavy atom. The van der Waals surface area contributed by atoms with E-state index in [1.54, 1.807) is 24.0 Å². The van der Waals surface area contributed by atoms with E-state index in [1.807, 2.05) is 6.92 Å². The van der Waals surface area contributed by atoms with Gasteiger partial charge in [0, 0.05) is 24.8 Å². The fourth-order valence-electron chi connectivity index (χ4n) is 1.98. The number of rotatable bonds is 6. The molecule has 1 unspecified atom stereocenters. The molecule has 0 aliphatic rings. The molecule has 1 atom stereocenters. The van der Waals surface area contributed by atoms with Gasteiger partial charge in [0.05, 0.1) is 31.8 Å². The maximum atomic E-state index is 12.6. The predicted octanol–water partition coefficient (Wildman–Crippen LogP) is 1.91. The number of carbonyl (C=O) groups excluding carboxylic acids is 1. The van der Waals surface area contributed by atoms with Crippen LogP contribution < -0.4 is 15.2 Å². The molecule has 0 saturated carbocycles. The second-order valence-corrected chi connectivity index (χ2v) is 4.67. The van der Waals surface area contributed by atoms with Crippen molar-refractivity contribution in [1.82, 2.24) is 4.90 Å². The summed E-state index contributed by atoms with van der Waals surface area (Å²) in [7, 11) is 3.00. The van der Waals surface area contributed by atoms with Crippen molar-refractivity contribution in [3.63, 3.8) is 0 Å². The van der Waals surface area contributed by atoms with E-state index < -0.39 is 0 Å². The summed E-state index contributed by atoms with van der Waals surface area (Å²) in [6.07, 6.45) is 0. The number of hydrogen-bond acceptors (Lipinski definition) is 5. The number of nitrogens with two attached hydrogens (primary N) is 1. The van der Waals surface area contributed by atoms with Crippen LogP contribution in [-0.2, 0) is 0 Å². The molecule has 114 valence electrons. The average Bonchev–Trinajstić information content (AvgIpc) is 2.51. The third-order valence-corrected chi connectivity index (χ3v) is 3.17. The van der Waals surface area contributed by atoms with Gasteiger partial charge in [0.1, 0.15) is 0 Å². The van der Waals surface area contributed by atoms with Crippen LogP contribution in [0, 0.1) is 17.2 Å². The van der Waals surface area contributed by atoms with Crippen LogP contribution >= 0.6 is 0 Å². The van der Waals surface area contributed by atoms with Gasteiger partial charge < -0.3 is 20.1 Å². The van der Waals surface area contributed by atoms with Crippen molar-refractivity contribution >= 4 is 11.6 Å². The molecule has 6 heteroatoms. The number of methoxy groups -OCH3 is 2. The van der Waals surface area contributed by atoms with Crippen molar-refractivity contribution in [3.8, 4) is 17.6 Å². The van der Waals surface area contributed by atoms with Gasteiger partial charge in [-0.15, -0.1) is 0 Å². The Kier molecular flexibility index (Phi) is 5.85. The molecule has 0 radical (unpaired) electrons. The number of nitrogen functional groups attached to an aromatic ring is 1. The molecular weight excluding hydrogens is 270 g/mol. The van der Waals surface area contributed by atoms with Crippen LogP contribution in [0.15, 0.2) is 12.1 Å². The highest BCUT2D eigenvalue weighted by atomic mass is 16.5. The first-order valence-electron chi connectivity index (χ1n) is 6.68. The molecule has 1 amide bonds. The number of carbonyl (C=O) groups is 1. The number of ether oxygens (including phenoxy) is 2. The summed E-state index contributed by atoms with van der Waals surface area (Å²) in [5.74, 6) is 0.452. The van der Waals surface area contributed by atoms with Crippen molar-refractivity contribution in [3.05, 3.63) is 17.7 Å². The summed E-state index contributed by atoms with van der Waals surface area (Å²) in [5.41, 5.74) is 6.60.